The zero-order valence-corrected chi connectivity index (χ0v) is 16.3. The normalized spacial score (nSPS) is 10.8. The average Bonchev–Trinajstić information content (AvgIpc) is 3.32. The number of nitrogens with zero attached hydrogens (tertiary/aromatic N) is 3. The Balaban J connectivity index is 0.000000932. The van der Waals surface area contributed by atoms with Gasteiger partial charge in [0.25, 0.3) is 0 Å². The van der Waals surface area contributed by atoms with Gasteiger partial charge < -0.3 is 9.97 Å². The summed E-state index contributed by atoms with van der Waals surface area (Å²) in [7, 11) is 0. The van der Waals surface area contributed by atoms with Crippen LogP contribution in [0.2, 0.25) is 0 Å². The Kier molecular flexibility index (Phi) is 4.89. The maximum Gasteiger partial charge on any atom is 0.140 e. The largest absolute Gasteiger partial charge is 0.342 e. The molecule has 0 fully saturated rings. The minimum Gasteiger partial charge on any atom is -0.342 e. The predicted octanol–water partition coefficient (Wildman–Crippen LogP) is 5.43. The maximum absolute atomic E-state index is 4.67. The van der Waals surface area contributed by atoms with Crippen molar-refractivity contribution in [3.63, 3.8) is 0 Å². The van der Waals surface area contributed by atoms with Crippen LogP contribution < -0.4 is 0 Å². The topological polar surface area (TPSA) is 70.2 Å². The average molecular weight is 369 g/mol. The zero-order chi connectivity index (χ0) is 19.5. The molecule has 0 radical (unpaired) electrons. The third-order valence-electron chi connectivity index (χ3n) is 4.55. The Morgan fingerprint density at radius 2 is 1.50 bits per heavy atom. The van der Waals surface area contributed by atoms with Crippen LogP contribution in [-0.4, -0.2) is 24.9 Å². The van der Waals surface area contributed by atoms with Gasteiger partial charge in [-0.3, -0.25) is 4.98 Å². The van der Waals surface area contributed by atoms with E-state index in [1.54, 1.807) is 6.20 Å². The Labute approximate surface area is 163 Å². The standard InChI is InChI=1S/C21H17N5.C2H6/c1-13-23-17-6-4-14(10-19(17)24-13)9-15-5-7-18-20(11-15)26-21(25-18)16-3-2-8-22-12-16;1-2/h2-8,10-12H,9H2,1H3,(H,23,24)(H,25,26);1-2H3. The molecule has 0 atom stereocenters. The van der Waals surface area contributed by atoms with E-state index < -0.39 is 0 Å². The van der Waals surface area contributed by atoms with Crippen molar-refractivity contribution in [3.05, 3.63) is 77.9 Å². The molecule has 0 aliphatic heterocycles. The molecule has 0 saturated heterocycles. The van der Waals surface area contributed by atoms with Gasteiger partial charge in [-0.05, 0) is 60.9 Å². The van der Waals surface area contributed by atoms with Crippen molar-refractivity contribution in [2.45, 2.75) is 27.2 Å². The number of nitrogens with one attached hydrogen (secondary N) is 2. The lowest BCUT2D eigenvalue weighted by Crippen LogP contribution is -1.88. The number of aromatic nitrogens is 5. The lowest BCUT2D eigenvalue weighted by molar-refractivity contribution is 1.17. The molecular weight excluding hydrogens is 346 g/mol. The third kappa shape index (κ3) is 3.51. The Bertz CT molecular complexity index is 1220. The Morgan fingerprint density at radius 3 is 2.18 bits per heavy atom. The molecule has 0 unspecified atom stereocenters. The summed E-state index contributed by atoms with van der Waals surface area (Å²) in [6, 6.07) is 16.7. The molecule has 5 aromatic rings. The van der Waals surface area contributed by atoms with Crippen molar-refractivity contribution < 1.29 is 0 Å². The number of rotatable bonds is 3. The first-order valence-corrected chi connectivity index (χ1v) is 9.59. The fourth-order valence-electron chi connectivity index (χ4n) is 3.34. The highest BCUT2D eigenvalue weighted by Gasteiger charge is 2.07. The summed E-state index contributed by atoms with van der Waals surface area (Å²) in [4.78, 5) is 20.0. The van der Waals surface area contributed by atoms with Crippen molar-refractivity contribution in [1.82, 2.24) is 24.9 Å². The summed E-state index contributed by atoms with van der Waals surface area (Å²) in [5.74, 6) is 1.79. The number of H-pyrrole nitrogens is 2. The second kappa shape index (κ2) is 7.64. The third-order valence-corrected chi connectivity index (χ3v) is 4.55. The number of pyridine rings is 1. The molecule has 0 aliphatic rings. The summed E-state index contributed by atoms with van der Waals surface area (Å²) >= 11 is 0. The molecule has 5 heteroatoms. The van der Waals surface area contributed by atoms with Crippen LogP contribution in [0.15, 0.2) is 60.9 Å². The van der Waals surface area contributed by atoms with Crippen LogP contribution in [0.25, 0.3) is 33.5 Å². The van der Waals surface area contributed by atoms with Crippen LogP contribution in [0, 0.1) is 6.92 Å². The molecule has 5 nitrogen and oxygen atoms in total. The van der Waals surface area contributed by atoms with Crippen LogP contribution in [0.4, 0.5) is 0 Å². The van der Waals surface area contributed by atoms with Gasteiger partial charge >= 0.3 is 0 Å². The molecule has 5 rings (SSSR count). The minimum absolute atomic E-state index is 0.847. The van der Waals surface area contributed by atoms with E-state index in [2.05, 4.69) is 61.3 Å². The lowest BCUT2D eigenvalue weighted by Gasteiger charge is -2.02. The Morgan fingerprint density at radius 1 is 0.821 bits per heavy atom. The number of fused-ring (bicyclic) bond motifs is 2. The molecule has 0 bridgehead atoms. The van der Waals surface area contributed by atoms with E-state index in [9.17, 15) is 0 Å². The van der Waals surface area contributed by atoms with Gasteiger partial charge in [0, 0.05) is 18.0 Å². The molecule has 0 spiro atoms. The summed E-state index contributed by atoms with van der Waals surface area (Å²) in [5, 5.41) is 0. The van der Waals surface area contributed by atoms with Crippen LogP contribution in [0.1, 0.15) is 30.8 Å². The first-order chi connectivity index (χ1) is 13.7. The van der Waals surface area contributed by atoms with E-state index in [4.69, 9.17) is 0 Å². The summed E-state index contributed by atoms with van der Waals surface area (Å²) < 4.78 is 0. The smallest absolute Gasteiger partial charge is 0.140 e. The molecule has 0 aliphatic carbocycles. The zero-order valence-electron chi connectivity index (χ0n) is 16.3. The second-order valence-electron chi connectivity index (χ2n) is 6.53. The predicted molar refractivity (Wildman–Crippen MR) is 114 cm³/mol. The highest BCUT2D eigenvalue weighted by atomic mass is 14.9. The van der Waals surface area contributed by atoms with E-state index in [0.29, 0.717) is 0 Å². The van der Waals surface area contributed by atoms with E-state index in [1.165, 1.54) is 11.1 Å². The van der Waals surface area contributed by atoms with E-state index in [0.717, 1.165) is 45.7 Å². The molecule has 140 valence electrons. The van der Waals surface area contributed by atoms with Gasteiger partial charge in [-0.15, -0.1) is 0 Å². The number of aryl methyl sites for hydroxylation is 1. The molecule has 3 aromatic heterocycles. The van der Waals surface area contributed by atoms with Crippen molar-refractivity contribution in [3.8, 4) is 11.4 Å². The molecule has 2 N–H and O–H groups in total. The fourth-order valence-corrected chi connectivity index (χ4v) is 3.34. The maximum atomic E-state index is 4.67. The van der Waals surface area contributed by atoms with Crippen molar-refractivity contribution in [2.75, 3.05) is 0 Å². The SMILES string of the molecule is CC.Cc1nc2ccc(Cc3ccc4nc(-c5cccnc5)[nH]c4c3)cc2[nH]1. The summed E-state index contributed by atoms with van der Waals surface area (Å²) in [6.07, 6.45) is 4.45. The van der Waals surface area contributed by atoms with E-state index >= 15 is 0 Å². The van der Waals surface area contributed by atoms with Gasteiger partial charge in [-0.2, -0.15) is 0 Å². The van der Waals surface area contributed by atoms with E-state index in [-0.39, 0.29) is 0 Å². The number of aromatic amines is 2. The van der Waals surface area contributed by atoms with Gasteiger partial charge in [0.2, 0.25) is 0 Å². The summed E-state index contributed by atoms with van der Waals surface area (Å²) in [5.41, 5.74) is 7.59. The minimum atomic E-state index is 0.847. The highest BCUT2D eigenvalue weighted by Crippen LogP contribution is 2.22. The first kappa shape index (κ1) is 17.9. The number of hydrogen-bond acceptors (Lipinski definition) is 3. The first-order valence-electron chi connectivity index (χ1n) is 9.59. The number of imidazole rings is 2. The number of hydrogen-bond donors (Lipinski definition) is 2. The Hall–Kier alpha value is -3.47. The van der Waals surface area contributed by atoms with Crippen molar-refractivity contribution in [2.24, 2.45) is 0 Å². The molecule has 3 heterocycles. The second-order valence-corrected chi connectivity index (χ2v) is 6.53. The van der Waals surface area contributed by atoms with Gasteiger partial charge in [0.05, 0.1) is 22.1 Å². The molecule has 28 heavy (non-hydrogen) atoms. The van der Waals surface area contributed by atoms with Crippen molar-refractivity contribution >= 4 is 22.1 Å². The molecule has 2 aromatic carbocycles. The van der Waals surface area contributed by atoms with E-state index in [1.807, 2.05) is 39.1 Å². The van der Waals surface area contributed by atoms with Gasteiger partial charge in [0.1, 0.15) is 11.6 Å². The highest BCUT2D eigenvalue weighted by molar-refractivity contribution is 5.80. The number of benzene rings is 2. The van der Waals surface area contributed by atoms with Gasteiger partial charge in [-0.25, -0.2) is 9.97 Å². The molecule has 0 saturated carbocycles. The van der Waals surface area contributed by atoms with Crippen LogP contribution >= 0.6 is 0 Å². The van der Waals surface area contributed by atoms with Crippen LogP contribution in [0.3, 0.4) is 0 Å². The molecular formula is C23H23N5. The molecule has 0 amide bonds. The summed E-state index contributed by atoms with van der Waals surface area (Å²) in [6.45, 7) is 5.98. The van der Waals surface area contributed by atoms with Crippen LogP contribution in [-0.2, 0) is 6.42 Å². The van der Waals surface area contributed by atoms with Crippen LogP contribution in [0.5, 0.6) is 0 Å². The van der Waals surface area contributed by atoms with Crippen molar-refractivity contribution in [1.29, 1.82) is 0 Å². The monoisotopic (exact) mass is 369 g/mol. The lowest BCUT2D eigenvalue weighted by atomic mass is 10.0. The van der Waals surface area contributed by atoms with Gasteiger partial charge in [-0.1, -0.05) is 26.0 Å². The quantitative estimate of drug-likeness (QED) is 0.446. The van der Waals surface area contributed by atoms with Gasteiger partial charge in [0.15, 0.2) is 0 Å². The fraction of sp³-hybridized carbons (Fsp3) is 0.174.